The van der Waals surface area contributed by atoms with Gasteiger partial charge >= 0.3 is 5.97 Å². The van der Waals surface area contributed by atoms with Crippen LogP contribution in [-0.4, -0.2) is 18.4 Å². The number of esters is 1. The number of Topliss-reactive ketones (excluding diaryl/α,β-unsaturated/α-hetero) is 1. The van der Waals surface area contributed by atoms with E-state index in [1.165, 1.54) is 0 Å². The molecule has 1 saturated carbocycles. The molecule has 1 aliphatic rings. The Hall–Kier alpha value is -0.860. The van der Waals surface area contributed by atoms with Crippen molar-refractivity contribution < 1.29 is 14.3 Å². The van der Waals surface area contributed by atoms with Crippen molar-refractivity contribution >= 4 is 11.8 Å². The van der Waals surface area contributed by atoms with Gasteiger partial charge in [-0.2, -0.15) is 0 Å². The van der Waals surface area contributed by atoms with E-state index in [9.17, 15) is 9.59 Å². The first-order valence-corrected chi connectivity index (χ1v) is 4.87. The van der Waals surface area contributed by atoms with E-state index in [0.717, 1.165) is 12.8 Å². The lowest BCUT2D eigenvalue weighted by molar-refractivity contribution is -0.151. The topological polar surface area (TPSA) is 43.4 Å². The summed E-state index contributed by atoms with van der Waals surface area (Å²) >= 11 is 0. The van der Waals surface area contributed by atoms with Crippen LogP contribution in [0.2, 0.25) is 0 Å². The number of carbonyl (C=O) groups excluding carboxylic acids is 2. The van der Waals surface area contributed by atoms with Crippen molar-refractivity contribution in [3.63, 3.8) is 0 Å². The Labute approximate surface area is 78.5 Å². The molecule has 3 nitrogen and oxygen atoms in total. The van der Waals surface area contributed by atoms with Gasteiger partial charge in [0.15, 0.2) is 0 Å². The number of ketones is 1. The molecule has 3 heteroatoms. The van der Waals surface area contributed by atoms with Gasteiger partial charge in [-0.15, -0.1) is 0 Å². The maximum absolute atomic E-state index is 11.4. The highest BCUT2D eigenvalue weighted by Gasteiger charge is 2.37. The van der Waals surface area contributed by atoms with Crippen LogP contribution in [0.25, 0.3) is 0 Å². The summed E-state index contributed by atoms with van der Waals surface area (Å²) in [6, 6.07) is 0. The summed E-state index contributed by atoms with van der Waals surface area (Å²) in [6.45, 7) is 4.23. The summed E-state index contributed by atoms with van der Waals surface area (Å²) in [6.07, 6.45) is 2.30. The van der Waals surface area contributed by atoms with Gasteiger partial charge in [-0.25, -0.2) is 0 Å². The highest BCUT2D eigenvalue weighted by molar-refractivity contribution is 6.01. The minimum Gasteiger partial charge on any atom is -0.465 e. The van der Waals surface area contributed by atoms with Crippen molar-refractivity contribution in [3.8, 4) is 0 Å². The van der Waals surface area contributed by atoms with Crippen LogP contribution in [0.1, 0.15) is 33.1 Å². The number of rotatable bonds is 3. The van der Waals surface area contributed by atoms with Gasteiger partial charge in [0.05, 0.1) is 6.61 Å². The number of hydrogen-bond acceptors (Lipinski definition) is 3. The van der Waals surface area contributed by atoms with Gasteiger partial charge in [-0.1, -0.05) is 13.8 Å². The third kappa shape index (κ3) is 2.29. The molecule has 1 rings (SSSR count). The minimum atomic E-state index is -0.471. The predicted octanol–water partition coefficient (Wildman–Crippen LogP) is 1.55. The quantitative estimate of drug-likeness (QED) is 0.493. The van der Waals surface area contributed by atoms with Crippen molar-refractivity contribution in [2.75, 3.05) is 6.61 Å². The van der Waals surface area contributed by atoms with E-state index in [1.54, 1.807) is 0 Å². The number of carbonyl (C=O) groups is 2. The Morgan fingerprint density at radius 1 is 1.54 bits per heavy atom. The average Bonchev–Trinajstić information content (AvgIpc) is 2.44. The predicted molar refractivity (Wildman–Crippen MR) is 48.1 cm³/mol. The first kappa shape index (κ1) is 10.2. The fourth-order valence-electron chi connectivity index (χ4n) is 1.58. The van der Waals surface area contributed by atoms with E-state index in [1.807, 2.05) is 13.8 Å². The van der Waals surface area contributed by atoms with Crippen molar-refractivity contribution in [1.29, 1.82) is 0 Å². The summed E-state index contributed by atoms with van der Waals surface area (Å²) in [5.41, 5.74) is 0. The molecule has 2 atom stereocenters. The van der Waals surface area contributed by atoms with Crippen LogP contribution in [0.4, 0.5) is 0 Å². The van der Waals surface area contributed by atoms with Crippen LogP contribution < -0.4 is 0 Å². The van der Waals surface area contributed by atoms with Crippen molar-refractivity contribution in [2.24, 2.45) is 11.8 Å². The van der Waals surface area contributed by atoms with Gasteiger partial charge < -0.3 is 4.74 Å². The SMILES string of the molecule is CCCOC(=O)C1CCC(C)C1=O. The molecule has 0 aromatic rings. The second-order valence-corrected chi connectivity index (χ2v) is 3.60. The lowest BCUT2D eigenvalue weighted by Crippen LogP contribution is -2.23. The van der Waals surface area contributed by atoms with Gasteiger partial charge in [0.1, 0.15) is 11.7 Å². The summed E-state index contributed by atoms with van der Waals surface area (Å²) < 4.78 is 4.93. The van der Waals surface area contributed by atoms with E-state index in [0.29, 0.717) is 13.0 Å². The zero-order valence-corrected chi connectivity index (χ0v) is 8.21. The first-order valence-electron chi connectivity index (χ1n) is 4.87. The molecule has 1 fully saturated rings. The first-order chi connectivity index (χ1) is 6.16. The summed E-state index contributed by atoms with van der Waals surface area (Å²) in [4.78, 5) is 22.7. The standard InChI is InChI=1S/C10H16O3/c1-3-6-13-10(12)8-5-4-7(2)9(8)11/h7-8H,3-6H2,1-2H3. The van der Waals surface area contributed by atoms with Crippen LogP contribution in [0.15, 0.2) is 0 Å². The molecule has 0 N–H and O–H groups in total. The summed E-state index contributed by atoms with van der Waals surface area (Å²) in [5, 5.41) is 0. The van der Waals surface area contributed by atoms with Crippen LogP contribution in [0.5, 0.6) is 0 Å². The Morgan fingerprint density at radius 2 is 2.23 bits per heavy atom. The molecule has 0 spiro atoms. The van der Waals surface area contributed by atoms with Gasteiger partial charge in [-0.05, 0) is 19.3 Å². The van der Waals surface area contributed by atoms with Crippen molar-refractivity contribution in [3.05, 3.63) is 0 Å². The van der Waals surface area contributed by atoms with Crippen LogP contribution >= 0.6 is 0 Å². The molecule has 74 valence electrons. The Bertz CT molecular complexity index is 210. The van der Waals surface area contributed by atoms with Crippen molar-refractivity contribution in [2.45, 2.75) is 33.1 Å². The normalized spacial score (nSPS) is 27.7. The molecule has 0 amide bonds. The molecule has 0 bridgehead atoms. The Morgan fingerprint density at radius 3 is 2.69 bits per heavy atom. The molecule has 0 aliphatic heterocycles. The maximum atomic E-state index is 11.4. The zero-order chi connectivity index (χ0) is 9.84. The lowest BCUT2D eigenvalue weighted by Gasteiger charge is -2.07. The van der Waals surface area contributed by atoms with Crippen LogP contribution in [0, 0.1) is 11.8 Å². The highest BCUT2D eigenvalue weighted by atomic mass is 16.5. The number of ether oxygens (including phenoxy) is 1. The van der Waals surface area contributed by atoms with E-state index in [-0.39, 0.29) is 17.7 Å². The lowest BCUT2D eigenvalue weighted by atomic mass is 10.1. The molecule has 1 aliphatic carbocycles. The molecule has 0 radical (unpaired) electrons. The van der Waals surface area contributed by atoms with E-state index < -0.39 is 5.92 Å². The van der Waals surface area contributed by atoms with Gasteiger partial charge in [0.25, 0.3) is 0 Å². The minimum absolute atomic E-state index is 0.0409. The zero-order valence-electron chi connectivity index (χ0n) is 8.21. The fourth-order valence-corrected chi connectivity index (χ4v) is 1.58. The third-order valence-electron chi connectivity index (χ3n) is 2.45. The summed E-state index contributed by atoms with van der Waals surface area (Å²) in [7, 11) is 0. The molecule has 0 aromatic heterocycles. The molecule has 0 saturated heterocycles. The second kappa shape index (κ2) is 4.40. The smallest absolute Gasteiger partial charge is 0.316 e. The maximum Gasteiger partial charge on any atom is 0.316 e. The van der Waals surface area contributed by atoms with Crippen molar-refractivity contribution in [1.82, 2.24) is 0 Å². The largest absolute Gasteiger partial charge is 0.465 e. The van der Waals surface area contributed by atoms with Gasteiger partial charge in [0.2, 0.25) is 0 Å². The molecule has 13 heavy (non-hydrogen) atoms. The van der Waals surface area contributed by atoms with Crippen LogP contribution in [-0.2, 0) is 14.3 Å². The van der Waals surface area contributed by atoms with E-state index in [2.05, 4.69) is 0 Å². The monoisotopic (exact) mass is 184 g/mol. The molecular weight excluding hydrogens is 168 g/mol. The van der Waals surface area contributed by atoms with Gasteiger partial charge in [0, 0.05) is 5.92 Å². The molecule has 0 aromatic carbocycles. The molecule has 2 unspecified atom stereocenters. The molecular formula is C10H16O3. The summed E-state index contributed by atoms with van der Waals surface area (Å²) in [5.74, 6) is -0.696. The Kier molecular flexibility index (Phi) is 3.46. The average molecular weight is 184 g/mol. The molecule has 0 heterocycles. The van der Waals surface area contributed by atoms with Crippen LogP contribution in [0.3, 0.4) is 0 Å². The van der Waals surface area contributed by atoms with E-state index in [4.69, 9.17) is 4.74 Å². The van der Waals surface area contributed by atoms with Gasteiger partial charge in [-0.3, -0.25) is 9.59 Å². The number of hydrogen-bond donors (Lipinski definition) is 0. The highest BCUT2D eigenvalue weighted by Crippen LogP contribution is 2.27. The third-order valence-corrected chi connectivity index (χ3v) is 2.45. The fraction of sp³-hybridized carbons (Fsp3) is 0.800. The Balaban J connectivity index is 2.44. The second-order valence-electron chi connectivity index (χ2n) is 3.60. The van der Waals surface area contributed by atoms with E-state index >= 15 is 0 Å².